The fraction of sp³-hybridized carbons (Fsp3) is 0.889. The molecule has 2 aliphatic carbocycles. The van der Waals surface area contributed by atoms with Crippen LogP contribution in [-0.2, 0) is 0 Å². The van der Waals surface area contributed by atoms with Crippen LogP contribution >= 0.6 is 0 Å². The zero-order valence-corrected chi connectivity index (χ0v) is 14.5. The Balaban J connectivity index is 1.58. The SMILES string of the molecule is CNC1CC([N+](=O)[O-])CC2C3C=CCC3C(C3CCCCN3)NC12. The monoisotopic (exact) mass is 334 g/mol. The molecule has 6 heteroatoms. The van der Waals surface area contributed by atoms with Crippen molar-refractivity contribution in [1.82, 2.24) is 16.0 Å². The summed E-state index contributed by atoms with van der Waals surface area (Å²) in [5.74, 6) is 1.49. The van der Waals surface area contributed by atoms with E-state index < -0.39 is 6.04 Å². The fourth-order valence-electron chi connectivity index (χ4n) is 5.89. The van der Waals surface area contributed by atoms with Crippen LogP contribution in [0.2, 0.25) is 0 Å². The lowest BCUT2D eigenvalue weighted by Gasteiger charge is -2.53. The zero-order valence-electron chi connectivity index (χ0n) is 14.5. The molecular weight excluding hydrogens is 304 g/mol. The molecule has 1 saturated carbocycles. The van der Waals surface area contributed by atoms with Crippen molar-refractivity contribution >= 4 is 0 Å². The highest BCUT2D eigenvalue weighted by molar-refractivity contribution is 5.16. The number of nitrogens with one attached hydrogen (secondary N) is 3. The van der Waals surface area contributed by atoms with Crippen LogP contribution in [-0.4, -0.2) is 48.7 Å². The lowest BCUT2D eigenvalue weighted by Crippen LogP contribution is -2.69. The van der Waals surface area contributed by atoms with Crippen LogP contribution in [0.25, 0.3) is 0 Å². The number of hydrogen-bond acceptors (Lipinski definition) is 5. The first kappa shape index (κ1) is 16.5. The van der Waals surface area contributed by atoms with Gasteiger partial charge >= 0.3 is 0 Å². The van der Waals surface area contributed by atoms with Crippen LogP contribution in [0.1, 0.15) is 38.5 Å². The summed E-state index contributed by atoms with van der Waals surface area (Å²) in [5, 5.41) is 22.5. The van der Waals surface area contributed by atoms with Crippen LogP contribution in [0.15, 0.2) is 12.2 Å². The Morgan fingerprint density at radius 3 is 2.79 bits per heavy atom. The summed E-state index contributed by atoms with van der Waals surface area (Å²) in [6, 6.07) is 1.20. The zero-order chi connectivity index (χ0) is 16.7. The van der Waals surface area contributed by atoms with E-state index in [0.717, 1.165) is 19.4 Å². The van der Waals surface area contributed by atoms with Crippen molar-refractivity contribution in [3.63, 3.8) is 0 Å². The second-order valence-corrected chi connectivity index (χ2v) is 8.15. The first-order valence-electron chi connectivity index (χ1n) is 9.66. The van der Waals surface area contributed by atoms with Crippen molar-refractivity contribution in [2.24, 2.45) is 17.8 Å². The van der Waals surface area contributed by atoms with Gasteiger partial charge in [0.15, 0.2) is 0 Å². The molecule has 6 nitrogen and oxygen atoms in total. The van der Waals surface area contributed by atoms with Gasteiger partial charge in [-0.1, -0.05) is 18.6 Å². The third-order valence-corrected chi connectivity index (χ3v) is 7.02. The Hall–Kier alpha value is -0.980. The molecule has 0 bridgehead atoms. The number of likely N-dealkylation sites (N-methyl/N-ethyl adjacent to an activating group) is 1. The van der Waals surface area contributed by atoms with E-state index in [-0.39, 0.29) is 11.0 Å². The molecule has 8 atom stereocenters. The van der Waals surface area contributed by atoms with Gasteiger partial charge in [0.05, 0.1) is 0 Å². The van der Waals surface area contributed by atoms with Crippen LogP contribution in [0, 0.1) is 27.9 Å². The highest BCUT2D eigenvalue weighted by Crippen LogP contribution is 2.46. The van der Waals surface area contributed by atoms with Crippen LogP contribution in [0.5, 0.6) is 0 Å². The van der Waals surface area contributed by atoms with Crippen molar-refractivity contribution in [2.75, 3.05) is 13.6 Å². The quantitative estimate of drug-likeness (QED) is 0.412. The number of allylic oxidation sites excluding steroid dienone is 2. The molecule has 4 rings (SSSR count). The topological polar surface area (TPSA) is 79.2 Å². The summed E-state index contributed by atoms with van der Waals surface area (Å²) in [4.78, 5) is 11.4. The van der Waals surface area contributed by atoms with Crippen molar-refractivity contribution < 1.29 is 4.92 Å². The molecule has 24 heavy (non-hydrogen) atoms. The Morgan fingerprint density at radius 2 is 2.08 bits per heavy atom. The van der Waals surface area contributed by atoms with E-state index in [4.69, 9.17) is 0 Å². The van der Waals surface area contributed by atoms with Crippen molar-refractivity contribution in [3.05, 3.63) is 22.3 Å². The van der Waals surface area contributed by atoms with E-state index in [1.807, 2.05) is 7.05 Å². The molecule has 2 heterocycles. The lowest BCUT2D eigenvalue weighted by atomic mass is 9.63. The van der Waals surface area contributed by atoms with Gasteiger partial charge < -0.3 is 16.0 Å². The van der Waals surface area contributed by atoms with E-state index in [0.29, 0.717) is 42.3 Å². The van der Waals surface area contributed by atoms with Gasteiger partial charge in [-0.15, -0.1) is 0 Å². The maximum Gasteiger partial charge on any atom is 0.215 e. The minimum Gasteiger partial charge on any atom is -0.315 e. The van der Waals surface area contributed by atoms with E-state index in [9.17, 15) is 10.1 Å². The fourth-order valence-corrected chi connectivity index (χ4v) is 5.89. The first-order valence-corrected chi connectivity index (χ1v) is 9.66. The summed E-state index contributed by atoms with van der Waals surface area (Å²) in [6.07, 6.45) is 11.0. The second kappa shape index (κ2) is 6.73. The molecule has 0 amide bonds. The van der Waals surface area contributed by atoms with Crippen molar-refractivity contribution in [2.45, 2.75) is 68.7 Å². The van der Waals surface area contributed by atoms with Gasteiger partial charge in [0.1, 0.15) is 0 Å². The van der Waals surface area contributed by atoms with Crippen LogP contribution in [0.4, 0.5) is 0 Å². The molecule has 0 radical (unpaired) electrons. The Bertz CT molecular complexity index is 505. The van der Waals surface area contributed by atoms with Gasteiger partial charge in [-0.3, -0.25) is 10.1 Å². The van der Waals surface area contributed by atoms with E-state index in [2.05, 4.69) is 28.1 Å². The minimum atomic E-state index is -0.399. The van der Waals surface area contributed by atoms with E-state index >= 15 is 0 Å². The molecule has 0 aromatic heterocycles. The van der Waals surface area contributed by atoms with E-state index in [1.54, 1.807) is 0 Å². The van der Waals surface area contributed by atoms with Crippen molar-refractivity contribution in [3.8, 4) is 0 Å². The summed E-state index contributed by atoms with van der Waals surface area (Å²) < 4.78 is 0. The molecule has 3 N–H and O–H groups in total. The van der Waals surface area contributed by atoms with Crippen molar-refractivity contribution in [1.29, 1.82) is 0 Å². The standard InChI is InChI=1S/C18H30N4O2/c1-19-16-10-11(22(23)24)9-14-12-5-4-6-13(12)17(21-18(14)16)15-7-2-3-8-20-15/h4-5,11-21H,2-3,6-10H2,1H3. The molecule has 0 aromatic carbocycles. The molecule has 3 fully saturated rings. The predicted octanol–water partition coefficient (Wildman–Crippen LogP) is 1.30. The third-order valence-electron chi connectivity index (χ3n) is 7.02. The Morgan fingerprint density at radius 1 is 1.21 bits per heavy atom. The molecule has 2 saturated heterocycles. The molecule has 2 aliphatic heterocycles. The molecule has 0 aromatic rings. The largest absolute Gasteiger partial charge is 0.315 e. The summed E-state index contributed by atoms with van der Waals surface area (Å²) in [5.41, 5.74) is 0. The van der Waals surface area contributed by atoms with E-state index in [1.165, 1.54) is 19.3 Å². The summed E-state index contributed by atoms with van der Waals surface area (Å²) >= 11 is 0. The molecule has 0 spiro atoms. The maximum absolute atomic E-state index is 11.4. The molecular formula is C18H30N4O2. The highest BCUT2D eigenvalue weighted by atomic mass is 16.6. The number of nitrogens with zero attached hydrogens (tertiary/aromatic N) is 1. The molecule has 134 valence electrons. The van der Waals surface area contributed by atoms with Crippen LogP contribution < -0.4 is 16.0 Å². The number of nitro groups is 1. The highest BCUT2D eigenvalue weighted by Gasteiger charge is 2.53. The number of piperidine rings is 2. The van der Waals surface area contributed by atoms with Crippen LogP contribution in [0.3, 0.4) is 0 Å². The Labute approximate surface area is 144 Å². The average molecular weight is 334 g/mol. The van der Waals surface area contributed by atoms with Gasteiger partial charge in [-0.25, -0.2) is 0 Å². The van der Waals surface area contributed by atoms with Gasteiger partial charge in [-0.05, 0) is 50.6 Å². The summed E-state index contributed by atoms with van der Waals surface area (Å²) in [6.45, 7) is 1.13. The van der Waals surface area contributed by atoms with Gasteiger partial charge in [-0.2, -0.15) is 0 Å². The lowest BCUT2D eigenvalue weighted by molar-refractivity contribution is -0.529. The smallest absolute Gasteiger partial charge is 0.215 e. The predicted molar refractivity (Wildman–Crippen MR) is 93.4 cm³/mol. The maximum atomic E-state index is 11.4. The number of hydrogen-bond donors (Lipinski definition) is 3. The number of rotatable bonds is 3. The minimum absolute atomic E-state index is 0.0526. The van der Waals surface area contributed by atoms with Gasteiger partial charge in [0, 0.05) is 41.9 Å². The normalized spacial score (nSPS) is 47.9. The number of fused-ring (bicyclic) bond motifs is 3. The summed E-state index contributed by atoms with van der Waals surface area (Å²) in [7, 11) is 1.95. The first-order chi connectivity index (χ1) is 11.7. The third kappa shape index (κ3) is 2.78. The van der Waals surface area contributed by atoms with Gasteiger partial charge in [0.25, 0.3) is 0 Å². The second-order valence-electron chi connectivity index (χ2n) is 8.15. The van der Waals surface area contributed by atoms with Gasteiger partial charge in [0.2, 0.25) is 6.04 Å². The Kier molecular flexibility index (Phi) is 4.62. The molecule has 4 aliphatic rings. The molecule has 8 unspecified atom stereocenters. The average Bonchev–Trinajstić information content (AvgIpc) is 3.10.